The summed E-state index contributed by atoms with van der Waals surface area (Å²) in [7, 11) is -3.97. The fraction of sp³-hybridized carbons (Fsp3) is 0.350. The van der Waals surface area contributed by atoms with Gasteiger partial charge in [0.05, 0.1) is 16.5 Å². The number of primary sulfonamides is 1. The largest absolute Gasteiger partial charge is 0.332 e. The second-order valence-electron chi connectivity index (χ2n) is 6.82. The molecule has 0 aromatic heterocycles. The molecule has 138 valence electrons. The highest BCUT2D eigenvalue weighted by Crippen LogP contribution is 2.32. The smallest absolute Gasteiger partial charge is 0.255 e. The molecule has 1 unspecified atom stereocenters. The number of benzene rings is 2. The van der Waals surface area contributed by atoms with Crippen LogP contribution in [0.15, 0.2) is 53.4 Å². The van der Waals surface area contributed by atoms with E-state index < -0.39 is 10.0 Å². The molecule has 1 amide bonds. The first-order valence-corrected chi connectivity index (χ1v) is 10.4. The molecule has 6 heteroatoms. The maximum absolute atomic E-state index is 13.4. The lowest BCUT2D eigenvalue weighted by molar-refractivity contribution is 0.0677. The molecule has 2 aromatic rings. The summed E-state index contributed by atoms with van der Waals surface area (Å²) in [4.78, 5) is 15.1. The van der Waals surface area contributed by atoms with Gasteiger partial charge >= 0.3 is 0 Å². The normalized spacial score (nSPS) is 18.4. The molecule has 0 saturated carbocycles. The first-order valence-electron chi connectivity index (χ1n) is 8.87. The van der Waals surface area contributed by atoms with Gasteiger partial charge in [0.15, 0.2) is 0 Å². The van der Waals surface area contributed by atoms with Gasteiger partial charge in [0.2, 0.25) is 10.0 Å². The summed E-state index contributed by atoms with van der Waals surface area (Å²) in [5.74, 6) is -0.270. The fourth-order valence-corrected chi connectivity index (χ4v) is 4.30. The van der Waals surface area contributed by atoms with E-state index >= 15 is 0 Å². The Morgan fingerprint density at radius 1 is 1.08 bits per heavy atom. The van der Waals surface area contributed by atoms with Gasteiger partial charge in [0, 0.05) is 6.54 Å². The third kappa shape index (κ3) is 3.97. The average molecular weight is 372 g/mol. The average Bonchev–Trinajstić information content (AvgIpc) is 2.86. The summed E-state index contributed by atoms with van der Waals surface area (Å²) in [6.07, 6.45) is 3.88. The molecule has 0 radical (unpaired) electrons. The number of nitrogens with two attached hydrogens (primary N) is 1. The van der Waals surface area contributed by atoms with Crippen molar-refractivity contribution < 1.29 is 13.2 Å². The van der Waals surface area contributed by atoms with Crippen LogP contribution in [0.3, 0.4) is 0 Å². The number of sulfonamides is 1. The van der Waals surface area contributed by atoms with E-state index in [1.165, 1.54) is 6.07 Å². The van der Waals surface area contributed by atoms with Crippen LogP contribution >= 0.6 is 0 Å². The summed E-state index contributed by atoms with van der Waals surface area (Å²) < 4.78 is 24.0. The van der Waals surface area contributed by atoms with Gasteiger partial charge in [-0.15, -0.1) is 0 Å². The van der Waals surface area contributed by atoms with Crippen molar-refractivity contribution in [1.29, 1.82) is 0 Å². The Morgan fingerprint density at radius 2 is 1.81 bits per heavy atom. The summed E-state index contributed by atoms with van der Waals surface area (Å²) in [5, 5.41) is 5.35. The first-order chi connectivity index (χ1) is 12.4. The molecule has 1 aliphatic heterocycles. The summed E-state index contributed by atoms with van der Waals surface area (Å²) >= 11 is 0. The minimum absolute atomic E-state index is 0.0555. The minimum atomic E-state index is -3.97. The van der Waals surface area contributed by atoms with E-state index in [0.29, 0.717) is 6.54 Å². The van der Waals surface area contributed by atoms with Crippen molar-refractivity contribution in [2.24, 2.45) is 5.14 Å². The molecule has 2 aromatic carbocycles. The van der Waals surface area contributed by atoms with Crippen LogP contribution in [-0.2, 0) is 10.0 Å². The molecule has 1 heterocycles. The molecule has 0 spiro atoms. The Kier molecular flexibility index (Phi) is 5.44. The van der Waals surface area contributed by atoms with Gasteiger partial charge in [-0.05, 0) is 37.5 Å². The zero-order valence-electron chi connectivity index (χ0n) is 14.9. The van der Waals surface area contributed by atoms with Crippen molar-refractivity contribution in [1.82, 2.24) is 4.90 Å². The highest BCUT2D eigenvalue weighted by Gasteiger charge is 2.30. The third-order valence-corrected chi connectivity index (χ3v) is 5.84. The molecule has 5 nitrogen and oxygen atoms in total. The van der Waals surface area contributed by atoms with Gasteiger partial charge in [-0.2, -0.15) is 0 Å². The second kappa shape index (κ2) is 7.60. The Morgan fingerprint density at radius 3 is 2.50 bits per heavy atom. The van der Waals surface area contributed by atoms with Gasteiger partial charge in [0.1, 0.15) is 0 Å². The van der Waals surface area contributed by atoms with E-state index in [9.17, 15) is 13.2 Å². The van der Waals surface area contributed by atoms with Crippen LogP contribution in [-0.4, -0.2) is 25.8 Å². The van der Waals surface area contributed by atoms with Crippen molar-refractivity contribution in [3.8, 4) is 0 Å². The van der Waals surface area contributed by atoms with Gasteiger partial charge in [-0.1, -0.05) is 54.8 Å². The lowest BCUT2D eigenvalue weighted by Crippen LogP contribution is -2.36. The predicted octanol–water partition coefficient (Wildman–Crippen LogP) is 3.40. The monoisotopic (exact) mass is 372 g/mol. The molecule has 1 aliphatic rings. The number of likely N-dealkylation sites (tertiary alicyclic amines) is 1. The lowest BCUT2D eigenvalue weighted by Gasteiger charge is -2.31. The number of aryl methyl sites for hydroxylation is 1. The number of nitrogens with zero attached hydrogens (tertiary/aromatic N) is 1. The number of amides is 1. The number of carbonyl (C=O) groups excluding carboxylic acids is 1. The molecule has 26 heavy (non-hydrogen) atoms. The Balaban J connectivity index is 2.06. The Labute approximate surface area is 154 Å². The molecule has 1 saturated heterocycles. The highest BCUT2D eigenvalue weighted by molar-refractivity contribution is 7.89. The number of hydrogen-bond acceptors (Lipinski definition) is 3. The van der Waals surface area contributed by atoms with E-state index in [1.54, 1.807) is 12.1 Å². The van der Waals surface area contributed by atoms with E-state index in [0.717, 1.165) is 36.8 Å². The van der Waals surface area contributed by atoms with Crippen LogP contribution in [0.25, 0.3) is 0 Å². The van der Waals surface area contributed by atoms with Crippen LogP contribution in [0.1, 0.15) is 53.2 Å². The second-order valence-corrected chi connectivity index (χ2v) is 8.35. The van der Waals surface area contributed by atoms with Gasteiger partial charge in [-0.25, -0.2) is 13.6 Å². The van der Waals surface area contributed by atoms with E-state index in [-0.39, 0.29) is 22.4 Å². The lowest BCUT2D eigenvalue weighted by atomic mass is 10.00. The molecule has 1 fully saturated rings. The molecule has 2 N–H and O–H groups in total. The Bertz CT molecular complexity index is 895. The van der Waals surface area contributed by atoms with Crippen LogP contribution in [0.5, 0.6) is 0 Å². The van der Waals surface area contributed by atoms with Gasteiger partial charge in [0.25, 0.3) is 5.91 Å². The zero-order valence-corrected chi connectivity index (χ0v) is 15.7. The van der Waals surface area contributed by atoms with Crippen LogP contribution in [0.4, 0.5) is 0 Å². The first kappa shape index (κ1) is 18.6. The highest BCUT2D eigenvalue weighted by atomic mass is 32.2. The van der Waals surface area contributed by atoms with E-state index in [1.807, 2.05) is 42.2 Å². The van der Waals surface area contributed by atoms with Crippen LogP contribution < -0.4 is 5.14 Å². The number of rotatable bonds is 3. The summed E-state index contributed by atoms with van der Waals surface area (Å²) in [6.45, 7) is 2.44. The molecule has 1 atom stereocenters. The van der Waals surface area contributed by atoms with Crippen LogP contribution in [0, 0.1) is 6.92 Å². The van der Waals surface area contributed by atoms with Crippen molar-refractivity contribution in [3.63, 3.8) is 0 Å². The molecule has 0 bridgehead atoms. The quantitative estimate of drug-likeness (QED) is 0.897. The molecule has 0 aliphatic carbocycles. The number of hydrogen-bond donors (Lipinski definition) is 1. The zero-order chi connectivity index (χ0) is 18.7. The predicted molar refractivity (Wildman–Crippen MR) is 101 cm³/mol. The number of carbonyl (C=O) groups is 1. The van der Waals surface area contributed by atoms with Gasteiger partial charge in [-0.3, -0.25) is 4.79 Å². The SMILES string of the molecule is Cc1ccc(S(N)(=O)=O)c(C(=O)N2CCCCCC2c2ccccc2)c1. The van der Waals surface area contributed by atoms with E-state index in [2.05, 4.69) is 0 Å². The Hall–Kier alpha value is -2.18. The molecular formula is C20H24N2O3S. The minimum Gasteiger partial charge on any atom is -0.332 e. The summed E-state index contributed by atoms with van der Waals surface area (Å²) in [5.41, 5.74) is 2.06. The van der Waals surface area contributed by atoms with Crippen molar-refractivity contribution in [2.75, 3.05) is 6.54 Å². The van der Waals surface area contributed by atoms with Gasteiger partial charge < -0.3 is 4.90 Å². The topological polar surface area (TPSA) is 80.5 Å². The fourth-order valence-electron chi connectivity index (χ4n) is 3.59. The maximum atomic E-state index is 13.4. The third-order valence-electron chi connectivity index (χ3n) is 4.87. The van der Waals surface area contributed by atoms with Crippen molar-refractivity contribution in [2.45, 2.75) is 43.5 Å². The molecular weight excluding hydrogens is 348 g/mol. The summed E-state index contributed by atoms with van der Waals surface area (Å²) in [6, 6.07) is 14.6. The van der Waals surface area contributed by atoms with Crippen molar-refractivity contribution in [3.05, 3.63) is 65.2 Å². The van der Waals surface area contributed by atoms with E-state index in [4.69, 9.17) is 5.14 Å². The molecule has 3 rings (SSSR count). The van der Waals surface area contributed by atoms with Crippen molar-refractivity contribution >= 4 is 15.9 Å². The standard InChI is InChI=1S/C20H24N2O3S/c1-15-11-12-19(26(21,24)25)17(14-15)20(23)22-13-7-3-6-10-18(22)16-8-4-2-5-9-16/h2,4-5,8-9,11-12,14,18H,3,6-7,10,13H2,1H3,(H2,21,24,25). The van der Waals surface area contributed by atoms with Crippen LogP contribution in [0.2, 0.25) is 0 Å². The maximum Gasteiger partial charge on any atom is 0.255 e.